The third-order valence-electron chi connectivity index (χ3n) is 4.33. The minimum absolute atomic E-state index is 0.179. The van der Waals surface area contributed by atoms with Gasteiger partial charge in [0.05, 0.1) is 5.56 Å². The van der Waals surface area contributed by atoms with E-state index in [1.54, 1.807) is 26.0 Å². The van der Waals surface area contributed by atoms with Crippen LogP contribution in [0.5, 0.6) is 11.5 Å². The van der Waals surface area contributed by atoms with Gasteiger partial charge in [-0.25, -0.2) is 0 Å². The van der Waals surface area contributed by atoms with Crippen molar-refractivity contribution < 1.29 is 27.4 Å². The number of aryl methyl sites for hydroxylation is 2. The van der Waals surface area contributed by atoms with Crippen LogP contribution in [0, 0.1) is 0 Å². The molecule has 0 amide bonds. The standard InChI is InChI=1S/C21H22ClF3O3/c1-4-13-8-7-9-18(28-20(26)6-3)15(13)12-27-19-11-17(22)14(5-2)10-16(19)21(23,24)25/h7-11H,4-6,12H2,1-3H3. The van der Waals surface area contributed by atoms with Gasteiger partial charge in [-0.1, -0.05) is 44.5 Å². The molecule has 0 saturated carbocycles. The third kappa shape index (κ3) is 5.19. The SMILES string of the molecule is CCC(=O)Oc1cccc(CC)c1COc1cc(Cl)c(CC)cc1C(F)(F)F. The van der Waals surface area contributed by atoms with E-state index in [1.807, 2.05) is 13.0 Å². The first-order valence-electron chi connectivity index (χ1n) is 9.05. The summed E-state index contributed by atoms with van der Waals surface area (Å²) in [7, 11) is 0. The topological polar surface area (TPSA) is 35.5 Å². The highest BCUT2D eigenvalue weighted by atomic mass is 35.5. The van der Waals surface area contributed by atoms with Crippen molar-refractivity contribution in [2.75, 3.05) is 0 Å². The van der Waals surface area contributed by atoms with Crippen LogP contribution in [-0.2, 0) is 30.4 Å². The number of hydrogen-bond acceptors (Lipinski definition) is 3. The molecule has 0 heterocycles. The molecular formula is C21H22ClF3O3. The fourth-order valence-electron chi connectivity index (χ4n) is 2.76. The third-order valence-corrected chi connectivity index (χ3v) is 4.68. The van der Waals surface area contributed by atoms with Crippen molar-refractivity contribution in [3.8, 4) is 11.5 Å². The Morgan fingerprint density at radius 2 is 1.71 bits per heavy atom. The van der Waals surface area contributed by atoms with Crippen LogP contribution in [-0.4, -0.2) is 5.97 Å². The molecule has 0 atom stereocenters. The van der Waals surface area contributed by atoms with Crippen LogP contribution < -0.4 is 9.47 Å². The average molecular weight is 415 g/mol. The highest BCUT2D eigenvalue weighted by Crippen LogP contribution is 2.40. The molecule has 0 aromatic heterocycles. The second kappa shape index (κ2) is 9.32. The molecular weight excluding hydrogens is 393 g/mol. The average Bonchev–Trinajstić information content (AvgIpc) is 2.65. The molecule has 2 aromatic carbocycles. The number of rotatable bonds is 7. The van der Waals surface area contributed by atoms with E-state index in [0.29, 0.717) is 24.0 Å². The fraction of sp³-hybridized carbons (Fsp3) is 0.381. The predicted molar refractivity (Wildman–Crippen MR) is 102 cm³/mol. The number of ether oxygens (including phenoxy) is 2. The molecule has 0 aliphatic rings. The van der Waals surface area contributed by atoms with Gasteiger partial charge in [-0.3, -0.25) is 4.79 Å². The first-order chi connectivity index (χ1) is 13.2. The van der Waals surface area contributed by atoms with E-state index in [0.717, 1.165) is 11.6 Å². The predicted octanol–water partition coefficient (Wildman–Crippen LogP) is 6.38. The van der Waals surface area contributed by atoms with Crippen molar-refractivity contribution >= 4 is 17.6 Å². The normalized spacial score (nSPS) is 11.4. The number of esters is 1. The summed E-state index contributed by atoms with van der Waals surface area (Å²) in [4.78, 5) is 11.7. The number of carbonyl (C=O) groups excluding carboxylic acids is 1. The Hall–Kier alpha value is -2.21. The van der Waals surface area contributed by atoms with E-state index in [2.05, 4.69) is 0 Å². The van der Waals surface area contributed by atoms with Crippen LogP contribution in [0.2, 0.25) is 5.02 Å². The van der Waals surface area contributed by atoms with Crippen LogP contribution >= 0.6 is 11.6 Å². The summed E-state index contributed by atoms with van der Waals surface area (Å²) in [5.41, 5.74) is 0.879. The summed E-state index contributed by atoms with van der Waals surface area (Å²) in [6, 6.07) is 7.36. The van der Waals surface area contributed by atoms with Gasteiger partial charge < -0.3 is 9.47 Å². The summed E-state index contributed by atoms with van der Waals surface area (Å²) < 4.78 is 51.3. The maximum absolute atomic E-state index is 13.5. The van der Waals surface area contributed by atoms with E-state index in [-0.39, 0.29) is 29.5 Å². The Labute approximate surface area is 167 Å². The lowest BCUT2D eigenvalue weighted by Gasteiger charge is -2.18. The Kier molecular flexibility index (Phi) is 7.35. The van der Waals surface area contributed by atoms with E-state index in [4.69, 9.17) is 21.1 Å². The zero-order valence-corrected chi connectivity index (χ0v) is 16.7. The van der Waals surface area contributed by atoms with Gasteiger partial charge in [0.25, 0.3) is 0 Å². The van der Waals surface area contributed by atoms with Gasteiger partial charge in [-0.2, -0.15) is 13.2 Å². The van der Waals surface area contributed by atoms with Gasteiger partial charge in [0.2, 0.25) is 0 Å². The van der Waals surface area contributed by atoms with Crippen molar-refractivity contribution in [2.24, 2.45) is 0 Å². The maximum atomic E-state index is 13.5. The Bertz CT molecular complexity index is 848. The lowest BCUT2D eigenvalue weighted by Crippen LogP contribution is -2.12. The van der Waals surface area contributed by atoms with Crippen LogP contribution in [0.25, 0.3) is 0 Å². The second-order valence-electron chi connectivity index (χ2n) is 6.15. The van der Waals surface area contributed by atoms with Crippen molar-refractivity contribution in [1.82, 2.24) is 0 Å². The van der Waals surface area contributed by atoms with Crippen molar-refractivity contribution in [3.05, 3.63) is 57.6 Å². The molecule has 2 rings (SSSR count). The summed E-state index contributed by atoms with van der Waals surface area (Å²) in [6.07, 6.45) is -3.41. The summed E-state index contributed by atoms with van der Waals surface area (Å²) in [5.74, 6) is -0.495. The minimum atomic E-state index is -4.58. The van der Waals surface area contributed by atoms with Crippen LogP contribution in [0.4, 0.5) is 13.2 Å². The molecule has 152 valence electrons. The molecule has 3 nitrogen and oxygen atoms in total. The molecule has 0 aliphatic carbocycles. The Morgan fingerprint density at radius 1 is 1.04 bits per heavy atom. The molecule has 0 radical (unpaired) electrons. The van der Waals surface area contributed by atoms with Crippen LogP contribution in [0.3, 0.4) is 0 Å². The van der Waals surface area contributed by atoms with E-state index >= 15 is 0 Å². The number of halogens is 4. The summed E-state index contributed by atoms with van der Waals surface area (Å²) in [5, 5.41) is 0.215. The summed E-state index contributed by atoms with van der Waals surface area (Å²) in [6.45, 7) is 5.11. The molecule has 0 unspecified atom stereocenters. The van der Waals surface area contributed by atoms with Crippen LogP contribution in [0.15, 0.2) is 30.3 Å². The highest BCUT2D eigenvalue weighted by molar-refractivity contribution is 6.31. The highest BCUT2D eigenvalue weighted by Gasteiger charge is 2.35. The zero-order chi connectivity index (χ0) is 20.9. The van der Waals surface area contributed by atoms with Gasteiger partial charge in [0.15, 0.2) is 0 Å². The number of hydrogen-bond donors (Lipinski definition) is 0. The molecule has 2 aromatic rings. The van der Waals surface area contributed by atoms with Crippen molar-refractivity contribution in [1.29, 1.82) is 0 Å². The van der Waals surface area contributed by atoms with Gasteiger partial charge in [0, 0.05) is 17.0 Å². The van der Waals surface area contributed by atoms with Gasteiger partial charge >= 0.3 is 12.1 Å². The maximum Gasteiger partial charge on any atom is 0.419 e. The largest absolute Gasteiger partial charge is 0.488 e. The molecule has 0 bridgehead atoms. The van der Waals surface area contributed by atoms with E-state index in [9.17, 15) is 18.0 Å². The molecule has 0 N–H and O–H groups in total. The number of alkyl halides is 3. The molecule has 28 heavy (non-hydrogen) atoms. The molecule has 0 saturated heterocycles. The quantitative estimate of drug-likeness (QED) is 0.389. The zero-order valence-electron chi connectivity index (χ0n) is 16.0. The first-order valence-corrected chi connectivity index (χ1v) is 9.42. The molecule has 0 fully saturated rings. The van der Waals surface area contributed by atoms with Gasteiger partial charge in [-0.05, 0) is 42.2 Å². The first kappa shape index (κ1) is 22.1. The molecule has 7 heteroatoms. The second-order valence-corrected chi connectivity index (χ2v) is 6.56. The van der Waals surface area contributed by atoms with Gasteiger partial charge in [0.1, 0.15) is 18.1 Å². The molecule has 0 spiro atoms. The lowest BCUT2D eigenvalue weighted by molar-refractivity contribution is -0.139. The van der Waals surface area contributed by atoms with Crippen molar-refractivity contribution in [2.45, 2.75) is 52.8 Å². The Morgan fingerprint density at radius 3 is 2.29 bits per heavy atom. The van der Waals surface area contributed by atoms with Crippen molar-refractivity contribution in [3.63, 3.8) is 0 Å². The molecule has 0 aliphatic heterocycles. The van der Waals surface area contributed by atoms with Gasteiger partial charge in [-0.15, -0.1) is 0 Å². The minimum Gasteiger partial charge on any atom is -0.488 e. The number of benzene rings is 2. The number of carbonyl (C=O) groups is 1. The fourth-order valence-corrected chi connectivity index (χ4v) is 3.05. The monoisotopic (exact) mass is 414 g/mol. The van der Waals surface area contributed by atoms with Crippen LogP contribution in [0.1, 0.15) is 49.4 Å². The summed E-state index contributed by atoms with van der Waals surface area (Å²) >= 11 is 6.09. The Balaban J connectivity index is 2.41. The van der Waals surface area contributed by atoms with E-state index in [1.165, 1.54) is 6.07 Å². The van der Waals surface area contributed by atoms with E-state index < -0.39 is 17.7 Å². The smallest absolute Gasteiger partial charge is 0.419 e. The lowest BCUT2D eigenvalue weighted by atomic mass is 10.0.